The second kappa shape index (κ2) is 11.2. The molecule has 0 aliphatic rings. The van der Waals surface area contributed by atoms with E-state index in [1.807, 2.05) is 6.07 Å². The molecule has 0 aliphatic heterocycles. The van der Waals surface area contributed by atoms with Gasteiger partial charge in [-0.2, -0.15) is 10.2 Å². The van der Waals surface area contributed by atoms with Crippen molar-refractivity contribution < 1.29 is 14.6 Å². The number of halogens is 1. The van der Waals surface area contributed by atoms with E-state index in [9.17, 15) is 14.4 Å². The fourth-order valence-electron chi connectivity index (χ4n) is 3.35. The van der Waals surface area contributed by atoms with Gasteiger partial charge in [-0.15, -0.1) is 0 Å². The summed E-state index contributed by atoms with van der Waals surface area (Å²) in [5, 5.41) is 21.5. The number of carbonyl (C=O) groups is 1. The van der Waals surface area contributed by atoms with Gasteiger partial charge in [0.25, 0.3) is 0 Å². The van der Waals surface area contributed by atoms with Crippen LogP contribution in [0.3, 0.4) is 0 Å². The van der Waals surface area contributed by atoms with Gasteiger partial charge in [-0.25, -0.2) is 19.1 Å². The number of aliphatic carboxylic acids is 1. The third kappa shape index (κ3) is 6.39. The van der Waals surface area contributed by atoms with Gasteiger partial charge in [0.15, 0.2) is 0 Å². The minimum atomic E-state index is -1.14. The van der Waals surface area contributed by atoms with E-state index in [0.717, 1.165) is 10.1 Å². The van der Waals surface area contributed by atoms with E-state index in [4.69, 9.17) is 26.7 Å². The molecule has 186 valence electrons. The Morgan fingerprint density at radius 3 is 2.46 bits per heavy atom. The first kappa shape index (κ1) is 25.2. The van der Waals surface area contributed by atoms with E-state index in [-0.39, 0.29) is 24.7 Å². The number of nitrogens with one attached hydrogen (secondary N) is 1. The topological polar surface area (TPSA) is 152 Å². The summed E-state index contributed by atoms with van der Waals surface area (Å²) in [4.78, 5) is 44.6. The van der Waals surface area contributed by atoms with Gasteiger partial charge in [0.1, 0.15) is 23.3 Å². The predicted molar refractivity (Wildman–Crippen MR) is 134 cm³/mol. The Morgan fingerprint density at radius 2 is 1.78 bits per heavy atom. The number of carboxylic acids is 1. The molecule has 0 atom stereocenters. The maximum atomic E-state index is 13.2. The van der Waals surface area contributed by atoms with Gasteiger partial charge in [0, 0.05) is 29.5 Å². The SMILES string of the molecule is N#Cc1cc(Oc2ccc(Nc3nc(=O)n(CCC(=O)O)c(=O)n3Cc3ccc(Cl)cc3)cc2)ccn1. The number of nitriles is 1. The predicted octanol–water partition coefficient (Wildman–Crippen LogP) is 3.38. The van der Waals surface area contributed by atoms with Crippen LogP contribution in [0.5, 0.6) is 11.5 Å². The molecule has 4 rings (SSSR count). The lowest BCUT2D eigenvalue weighted by molar-refractivity contribution is -0.137. The average Bonchev–Trinajstić information content (AvgIpc) is 2.88. The highest BCUT2D eigenvalue weighted by Gasteiger charge is 2.15. The summed E-state index contributed by atoms with van der Waals surface area (Å²) in [5.41, 5.74) is -0.118. The van der Waals surface area contributed by atoms with Gasteiger partial charge in [0.2, 0.25) is 5.95 Å². The molecule has 0 spiro atoms. The Bertz CT molecular complexity index is 1590. The van der Waals surface area contributed by atoms with Crippen LogP contribution in [0, 0.1) is 11.3 Å². The standard InChI is InChI=1S/C25H19ClN6O5/c26-17-3-1-16(2-4-17)15-32-23(30-24(35)31(25(32)36)12-10-22(33)34)29-18-5-7-20(8-6-18)37-21-9-11-28-19(13-21)14-27/h1-9,11,13H,10,12,15H2,(H,33,34)(H,29,30,35). The molecule has 2 aromatic heterocycles. The van der Waals surface area contributed by atoms with Gasteiger partial charge in [0.05, 0.1) is 13.0 Å². The fourth-order valence-corrected chi connectivity index (χ4v) is 3.47. The number of ether oxygens (including phenoxy) is 1. The largest absolute Gasteiger partial charge is 0.481 e. The normalized spacial score (nSPS) is 10.5. The summed E-state index contributed by atoms with van der Waals surface area (Å²) in [7, 11) is 0. The first-order chi connectivity index (χ1) is 17.8. The molecule has 37 heavy (non-hydrogen) atoms. The molecule has 2 heterocycles. The van der Waals surface area contributed by atoms with Crippen LogP contribution >= 0.6 is 11.6 Å². The molecule has 11 nitrogen and oxygen atoms in total. The Morgan fingerprint density at radius 1 is 1.05 bits per heavy atom. The molecule has 2 N–H and O–H groups in total. The average molecular weight is 519 g/mol. The van der Waals surface area contributed by atoms with Crippen LogP contribution in [0.25, 0.3) is 0 Å². The van der Waals surface area contributed by atoms with Gasteiger partial charge in [-0.05, 0) is 48.0 Å². The van der Waals surface area contributed by atoms with E-state index in [1.54, 1.807) is 54.6 Å². The molecule has 12 heteroatoms. The van der Waals surface area contributed by atoms with Gasteiger partial charge < -0.3 is 15.2 Å². The number of benzene rings is 2. The number of hydrogen-bond donors (Lipinski definition) is 2. The molecule has 0 aliphatic carbocycles. The minimum Gasteiger partial charge on any atom is -0.481 e. The maximum absolute atomic E-state index is 13.2. The van der Waals surface area contributed by atoms with Crippen molar-refractivity contribution in [3.05, 3.63) is 104 Å². The van der Waals surface area contributed by atoms with Crippen molar-refractivity contribution in [1.82, 2.24) is 19.1 Å². The lowest BCUT2D eigenvalue weighted by Crippen LogP contribution is -2.43. The van der Waals surface area contributed by atoms with Gasteiger partial charge in [-0.1, -0.05) is 23.7 Å². The maximum Gasteiger partial charge on any atom is 0.354 e. The number of pyridine rings is 1. The number of anilines is 2. The zero-order valence-corrected chi connectivity index (χ0v) is 19.9. The van der Waals surface area contributed by atoms with Crippen molar-refractivity contribution in [2.45, 2.75) is 19.5 Å². The molecule has 4 aromatic rings. The third-order valence-corrected chi connectivity index (χ3v) is 5.40. The molecule has 0 bridgehead atoms. The van der Waals surface area contributed by atoms with Crippen molar-refractivity contribution in [2.24, 2.45) is 0 Å². The third-order valence-electron chi connectivity index (χ3n) is 5.15. The molecule has 0 amide bonds. The first-order valence-corrected chi connectivity index (χ1v) is 11.3. The zero-order chi connectivity index (χ0) is 26.4. The molecular weight excluding hydrogens is 500 g/mol. The second-order valence-electron chi connectivity index (χ2n) is 7.75. The van der Waals surface area contributed by atoms with E-state index < -0.39 is 23.8 Å². The number of aromatic nitrogens is 4. The van der Waals surface area contributed by atoms with E-state index in [0.29, 0.717) is 22.2 Å². The van der Waals surface area contributed by atoms with E-state index in [1.165, 1.54) is 16.8 Å². The Balaban J connectivity index is 1.63. The van der Waals surface area contributed by atoms with Crippen molar-refractivity contribution in [2.75, 3.05) is 5.32 Å². The highest BCUT2D eigenvalue weighted by atomic mass is 35.5. The van der Waals surface area contributed by atoms with Crippen LogP contribution < -0.4 is 21.4 Å². The van der Waals surface area contributed by atoms with Crippen LogP contribution in [-0.4, -0.2) is 30.2 Å². The zero-order valence-electron chi connectivity index (χ0n) is 19.2. The monoisotopic (exact) mass is 518 g/mol. The van der Waals surface area contributed by atoms with Crippen LogP contribution in [0.2, 0.25) is 5.02 Å². The molecule has 0 saturated carbocycles. The lowest BCUT2D eigenvalue weighted by atomic mass is 10.2. The fraction of sp³-hybridized carbons (Fsp3) is 0.120. The molecule has 0 unspecified atom stereocenters. The van der Waals surface area contributed by atoms with Crippen molar-refractivity contribution in [3.63, 3.8) is 0 Å². The van der Waals surface area contributed by atoms with E-state index >= 15 is 0 Å². The van der Waals surface area contributed by atoms with Crippen LogP contribution in [-0.2, 0) is 17.9 Å². The summed E-state index contributed by atoms with van der Waals surface area (Å²) < 4.78 is 7.77. The Hall–Kier alpha value is -4.95. The van der Waals surface area contributed by atoms with Crippen molar-refractivity contribution in [3.8, 4) is 17.6 Å². The molecule has 0 fully saturated rings. The summed E-state index contributed by atoms with van der Waals surface area (Å²) >= 11 is 5.96. The number of hydrogen-bond acceptors (Lipinski definition) is 8. The minimum absolute atomic E-state index is 0.0158. The Kier molecular flexibility index (Phi) is 7.61. The van der Waals surface area contributed by atoms with Crippen LogP contribution in [0.4, 0.5) is 11.6 Å². The number of carboxylic acid groups (broad SMARTS) is 1. The summed E-state index contributed by atoms with van der Waals surface area (Å²) in [6, 6.07) is 18.5. The van der Waals surface area contributed by atoms with Gasteiger partial charge in [-0.3, -0.25) is 9.36 Å². The molecular formula is C25H19ClN6O5. The van der Waals surface area contributed by atoms with E-state index in [2.05, 4.69) is 15.3 Å². The smallest absolute Gasteiger partial charge is 0.354 e. The first-order valence-electron chi connectivity index (χ1n) is 10.9. The quantitative estimate of drug-likeness (QED) is 0.339. The summed E-state index contributed by atoms with van der Waals surface area (Å²) in [6.45, 7) is -0.251. The van der Waals surface area contributed by atoms with Crippen molar-refractivity contribution >= 4 is 29.2 Å². The van der Waals surface area contributed by atoms with Crippen LogP contribution in [0.15, 0.2) is 76.4 Å². The highest BCUT2D eigenvalue weighted by molar-refractivity contribution is 6.30. The Labute approximate surface area is 214 Å². The number of nitrogens with zero attached hydrogens (tertiary/aromatic N) is 5. The summed E-state index contributed by atoms with van der Waals surface area (Å²) in [6.07, 6.45) is 1.06. The second-order valence-corrected chi connectivity index (χ2v) is 8.19. The molecule has 0 saturated heterocycles. The molecule has 0 radical (unpaired) electrons. The number of rotatable bonds is 9. The summed E-state index contributed by atoms with van der Waals surface area (Å²) in [5.74, 6) is -0.236. The van der Waals surface area contributed by atoms with Gasteiger partial charge >= 0.3 is 17.3 Å². The lowest BCUT2D eigenvalue weighted by Gasteiger charge is -2.16. The molecule has 2 aromatic carbocycles. The van der Waals surface area contributed by atoms with Crippen molar-refractivity contribution in [1.29, 1.82) is 5.26 Å². The highest BCUT2D eigenvalue weighted by Crippen LogP contribution is 2.24. The van der Waals surface area contributed by atoms with Crippen LogP contribution in [0.1, 0.15) is 17.7 Å².